The molecule has 5 aromatic rings. The van der Waals surface area contributed by atoms with Crippen LogP contribution in [-0.4, -0.2) is 0 Å². The van der Waals surface area contributed by atoms with Crippen LogP contribution in [0.5, 0.6) is 0 Å². The standard InChI is InChI=1S/C48H49N/c1-46(2)22-23-47(3,4)44-30-38(19-21-42(44)46)49(36-14-9-6-10-15-36)37-18-20-41-40(29-37)45-39(33-12-7-5-8-13-33)16-11-17-43(45)48(41)34-25-31-24-32(27-34)28-35(48)26-31/h5-21,29-32,34-35H,22-28H2,1-4H3. The van der Waals surface area contributed by atoms with Crippen LogP contribution in [0.2, 0.25) is 0 Å². The van der Waals surface area contributed by atoms with Gasteiger partial charge in [-0.2, -0.15) is 0 Å². The van der Waals surface area contributed by atoms with Crippen LogP contribution in [0.1, 0.15) is 94.9 Å². The Hall–Kier alpha value is -4.10. The van der Waals surface area contributed by atoms with Gasteiger partial charge in [0.25, 0.3) is 0 Å². The normalized spacial score (nSPS) is 27.8. The van der Waals surface area contributed by atoms with Crippen molar-refractivity contribution >= 4 is 17.1 Å². The topological polar surface area (TPSA) is 3.24 Å². The van der Waals surface area contributed by atoms with E-state index in [9.17, 15) is 0 Å². The molecule has 0 aromatic heterocycles. The zero-order chi connectivity index (χ0) is 33.1. The van der Waals surface area contributed by atoms with Gasteiger partial charge in [0, 0.05) is 22.5 Å². The maximum Gasteiger partial charge on any atom is 0.0468 e. The molecule has 0 unspecified atom stereocenters. The Morgan fingerprint density at radius 3 is 1.73 bits per heavy atom. The van der Waals surface area contributed by atoms with E-state index < -0.39 is 0 Å². The molecule has 6 aliphatic carbocycles. The molecular weight excluding hydrogens is 591 g/mol. The lowest BCUT2D eigenvalue weighted by molar-refractivity contribution is -0.0399. The first-order chi connectivity index (χ1) is 23.7. The number of nitrogens with zero attached hydrogens (tertiary/aromatic N) is 1. The highest BCUT2D eigenvalue weighted by Gasteiger charge is 2.61. The van der Waals surface area contributed by atoms with Crippen LogP contribution in [0.4, 0.5) is 17.1 Å². The first kappa shape index (κ1) is 29.8. The number of hydrogen-bond donors (Lipinski definition) is 0. The lowest BCUT2D eigenvalue weighted by Crippen LogP contribution is -2.55. The zero-order valence-electron chi connectivity index (χ0n) is 29.7. The van der Waals surface area contributed by atoms with Crippen LogP contribution in [0.15, 0.2) is 115 Å². The highest BCUT2D eigenvalue weighted by Crippen LogP contribution is 2.70. The third-order valence-corrected chi connectivity index (χ3v) is 14.1. The minimum absolute atomic E-state index is 0.139. The Balaban J connectivity index is 1.21. The second kappa shape index (κ2) is 10.5. The van der Waals surface area contributed by atoms with Gasteiger partial charge in [-0.3, -0.25) is 0 Å². The molecule has 0 saturated heterocycles. The van der Waals surface area contributed by atoms with Gasteiger partial charge < -0.3 is 4.90 Å². The average molecular weight is 640 g/mol. The van der Waals surface area contributed by atoms with E-state index in [0.717, 1.165) is 23.7 Å². The number of anilines is 3. The fourth-order valence-corrected chi connectivity index (χ4v) is 12.0. The Kier molecular flexibility index (Phi) is 6.36. The first-order valence-corrected chi connectivity index (χ1v) is 19.1. The molecule has 49 heavy (non-hydrogen) atoms. The number of rotatable bonds is 4. The minimum atomic E-state index is 0.139. The second-order valence-electron chi connectivity index (χ2n) is 17.7. The predicted octanol–water partition coefficient (Wildman–Crippen LogP) is 12.9. The summed E-state index contributed by atoms with van der Waals surface area (Å²) in [5.74, 6) is 3.36. The van der Waals surface area contributed by atoms with Crippen molar-refractivity contribution in [3.63, 3.8) is 0 Å². The van der Waals surface area contributed by atoms with E-state index in [1.165, 1.54) is 95.4 Å². The van der Waals surface area contributed by atoms with Crippen LogP contribution in [0, 0.1) is 23.7 Å². The molecule has 0 radical (unpaired) electrons. The molecule has 0 atom stereocenters. The van der Waals surface area contributed by atoms with Crippen molar-refractivity contribution < 1.29 is 0 Å². The summed E-state index contributed by atoms with van der Waals surface area (Å²) in [6.45, 7) is 9.75. The number of hydrogen-bond acceptors (Lipinski definition) is 1. The van der Waals surface area contributed by atoms with Crippen molar-refractivity contribution in [2.45, 2.75) is 88.9 Å². The van der Waals surface area contributed by atoms with Crippen LogP contribution >= 0.6 is 0 Å². The Morgan fingerprint density at radius 2 is 1.06 bits per heavy atom. The highest BCUT2D eigenvalue weighted by molar-refractivity contribution is 5.95. The number of benzene rings is 5. The van der Waals surface area contributed by atoms with Gasteiger partial charge in [0.05, 0.1) is 0 Å². The summed E-state index contributed by atoms with van der Waals surface area (Å²) in [7, 11) is 0. The van der Waals surface area contributed by atoms with Crippen molar-refractivity contribution in [2.24, 2.45) is 23.7 Å². The molecule has 5 aromatic carbocycles. The zero-order valence-corrected chi connectivity index (χ0v) is 29.7. The van der Waals surface area contributed by atoms with E-state index in [1.54, 1.807) is 11.1 Å². The number of para-hydroxylation sites is 1. The van der Waals surface area contributed by atoms with Gasteiger partial charge >= 0.3 is 0 Å². The fraction of sp³-hybridized carbons (Fsp3) is 0.375. The Morgan fingerprint density at radius 1 is 0.469 bits per heavy atom. The van der Waals surface area contributed by atoms with Gasteiger partial charge in [-0.1, -0.05) is 107 Å². The van der Waals surface area contributed by atoms with Crippen LogP contribution < -0.4 is 4.90 Å². The van der Waals surface area contributed by atoms with Crippen molar-refractivity contribution in [1.29, 1.82) is 0 Å². The Labute approximate surface area is 293 Å². The lowest BCUT2D eigenvalue weighted by atomic mass is 9.43. The van der Waals surface area contributed by atoms with Crippen LogP contribution in [-0.2, 0) is 16.2 Å². The van der Waals surface area contributed by atoms with Gasteiger partial charge in [0.1, 0.15) is 0 Å². The molecule has 0 heterocycles. The van der Waals surface area contributed by atoms with Crippen molar-refractivity contribution in [2.75, 3.05) is 4.90 Å². The number of fused-ring (bicyclic) bond motifs is 4. The van der Waals surface area contributed by atoms with Crippen molar-refractivity contribution in [1.82, 2.24) is 0 Å². The molecule has 6 aliphatic rings. The van der Waals surface area contributed by atoms with Gasteiger partial charge in [-0.15, -0.1) is 0 Å². The van der Waals surface area contributed by atoms with Gasteiger partial charge in [-0.05, 0) is 160 Å². The lowest BCUT2D eigenvalue weighted by Gasteiger charge is -2.61. The maximum absolute atomic E-state index is 2.59. The summed E-state index contributed by atoms with van der Waals surface area (Å²) in [6, 6.07) is 44.6. The third-order valence-electron chi connectivity index (χ3n) is 14.1. The summed E-state index contributed by atoms with van der Waals surface area (Å²) in [5, 5.41) is 0. The third kappa shape index (κ3) is 4.24. The monoisotopic (exact) mass is 639 g/mol. The summed E-state index contributed by atoms with van der Waals surface area (Å²) in [5.41, 5.74) is 16.2. The molecule has 0 amide bonds. The quantitative estimate of drug-likeness (QED) is 0.189. The largest absolute Gasteiger partial charge is 0.310 e. The SMILES string of the molecule is CC1(C)CCC(C)(C)c2cc(N(c3ccccc3)c3ccc4c(c3)-c3c(-c5ccccc5)cccc3C43C4CC5CC(C4)CC3C5)ccc21. The molecular formula is C48H49N. The van der Waals surface area contributed by atoms with E-state index in [2.05, 4.69) is 148 Å². The van der Waals surface area contributed by atoms with Crippen molar-refractivity contribution in [3.8, 4) is 22.3 Å². The summed E-state index contributed by atoms with van der Waals surface area (Å²) in [6.07, 6.45) is 9.54. The summed E-state index contributed by atoms with van der Waals surface area (Å²) < 4.78 is 0. The highest BCUT2D eigenvalue weighted by atomic mass is 15.1. The molecule has 4 fully saturated rings. The molecule has 0 aliphatic heterocycles. The molecule has 246 valence electrons. The molecule has 1 heteroatoms. The molecule has 11 rings (SSSR count). The van der Waals surface area contributed by atoms with Crippen LogP contribution in [0.25, 0.3) is 22.3 Å². The molecule has 4 saturated carbocycles. The molecule has 1 spiro atoms. The van der Waals surface area contributed by atoms with Crippen molar-refractivity contribution in [3.05, 3.63) is 138 Å². The van der Waals surface area contributed by atoms with E-state index in [1.807, 2.05) is 0 Å². The van der Waals surface area contributed by atoms with Gasteiger partial charge in [-0.25, -0.2) is 0 Å². The van der Waals surface area contributed by atoms with Crippen LogP contribution in [0.3, 0.4) is 0 Å². The fourth-order valence-electron chi connectivity index (χ4n) is 12.0. The van der Waals surface area contributed by atoms with Gasteiger partial charge in [0.15, 0.2) is 0 Å². The van der Waals surface area contributed by atoms with E-state index in [4.69, 9.17) is 0 Å². The van der Waals surface area contributed by atoms with E-state index in [0.29, 0.717) is 0 Å². The smallest absolute Gasteiger partial charge is 0.0468 e. The van der Waals surface area contributed by atoms with E-state index >= 15 is 0 Å². The average Bonchev–Trinajstić information content (AvgIpc) is 3.40. The summed E-state index contributed by atoms with van der Waals surface area (Å²) >= 11 is 0. The predicted molar refractivity (Wildman–Crippen MR) is 205 cm³/mol. The minimum Gasteiger partial charge on any atom is -0.310 e. The van der Waals surface area contributed by atoms with E-state index in [-0.39, 0.29) is 16.2 Å². The second-order valence-corrected chi connectivity index (χ2v) is 17.7. The molecule has 1 nitrogen and oxygen atoms in total. The van der Waals surface area contributed by atoms with Gasteiger partial charge in [0.2, 0.25) is 0 Å². The maximum atomic E-state index is 2.59. The Bertz CT molecular complexity index is 2060. The summed E-state index contributed by atoms with van der Waals surface area (Å²) in [4.78, 5) is 2.53. The molecule has 4 bridgehead atoms. The first-order valence-electron chi connectivity index (χ1n) is 19.1. The molecule has 0 N–H and O–H groups in total.